The summed E-state index contributed by atoms with van der Waals surface area (Å²) in [6.07, 6.45) is 3.61. The third-order valence-corrected chi connectivity index (χ3v) is 6.24. The molecule has 5 atom stereocenters. The molecule has 2 heterocycles. The fourth-order valence-electron chi connectivity index (χ4n) is 5.02. The first-order valence-corrected chi connectivity index (χ1v) is 8.30. The van der Waals surface area contributed by atoms with Crippen molar-refractivity contribution in [1.82, 2.24) is 9.47 Å². The molecule has 2 fully saturated rings. The van der Waals surface area contributed by atoms with Crippen molar-refractivity contribution in [3.8, 4) is 0 Å². The van der Waals surface area contributed by atoms with Gasteiger partial charge in [0.25, 0.3) is 0 Å². The van der Waals surface area contributed by atoms with Gasteiger partial charge in [-0.25, -0.2) is 0 Å². The van der Waals surface area contributed by atoms with E-state index in [2.05, 4.69) is 35.4 Å². The molecule has 2 bridgehead atoms. The Labute approximate surface area is 126 Å². The number of fused-ring (bicyclic) bond motifs is 3. The molecule has 2 saturated carbocycles. The number of rotatable bonds is 1. The summed E-state index contributed by atoms with van der Waals surface area (Å²) in [7, 11) is 0. The fourth-order valence-corrected chi connectivity index (χ4v) is 5.02. The van der Waals surface area contributed by atoms with Crippen LogP contribution in [0.4, 0.5) is 0 Å². The first kappa shape index (κ1) is 13.4. The summed E-state index contributed by atoms with van der Waals surface area (Å²) in [5.74, 6) is 1.52. The van der Waals surface area contributed by atoms with Gasteiger partial charge in [-0.2, -0.15) is 0 Å². The van der Waals surface area contributed by atoms with Crippen molar-refractivity contribution in [2.45, 2.75) is 51.7 Å². The average Bonchev–Trinajstić information content (AvgIpc) is 3.14. The Bertz CT molecular complexity index is 577. The molecule has 3 aliphatic rings. The summed E-state index contributed by atoms with van der Waals surface area (Å²) >= 11 is 0. The van der Waals surface area contributed by atoms with E-state index in [1.54, 1.807) is 0 Å². The van der Waals surface area contributed by atoms with E-state index in [1.165, 1.54) is 30.7 Å². The molecule has 0 saturated heterocycles. The van der Waals surface area contributed by atoms with Gasteiger partial charge in [-0.1, -0.05) is 0 Å². The van der Waals surface area contributed by atoms with Crippen LogP contribution in [0.1, 0.15) is 43.6 Å². The molecular formula is C17H25N3O. The lowest BCUT2D eigenvalue weighted by Crippen LogP contribution is -2.50. The number of hydrogen-bond acceptors (Lipinski definition) is 2. The summed E-state index contributed by atoms with van der Waals surface area (Å²) in [6.45, 7) is 6.03. The topological polar surface area (TPSA) is 51.3 Å². The summed E-state index contributed by atoms with van der Waals surface area (Å²) in [6, 6.07) is 4.59. The number of nitrogens with zero attached hydrogens (tertiary/aromatic N) is 2. The van der Waals surface area contributed by atoms with Crippen LogP contribution >= 0.6 is 0 Å². The van der Waals surface area contributed by atoms with Gasteiger partial charge >= 0.3 is 0 Å². The smallest absolute Gasteiger partial charge is 0.228 e. The van der Waals surface area contributed by atoms with E-state index in [0.29, 0.717) is 17.7 Å². The molecule has 21 heavy (non-hydrogen) atoms. The molecule has 0 spiro atoms. The maximum Gasteiger partial charge on any atom is 0.228 e. The minimum absolute atomic E-state index is 0.0776. The van der Waals surface area contributed by atoms with Crippen LogP contribution in [0.25, 0.3) is 0 Å². The van der Waals surface area contributed by atoms with Crippen LogP contribution in [-0.4, -0.2) is 28.0 Å². The molecule has 1 aromatic rings. The molecule has 5 unspecified atom stereocenters. The molecule has 2 aliphatic carbocycles. The fraction of sp³-hybridized carbons (Fsp3) is 0.706. The highest BCUT2D eigenvalue weighted by Crippen LogP contribution is 2.48. The van der Waals surface area contributed by atoms with Crippen LogP contribution in [0.15, 0.2) is 12.1 Å². The van der Waals surface area contributed by atoms with Gasteiger partial charge in [0.05, 0.1) is 12.0 Å². The summed E-state index contributed by atoms with van der Waals surface area (Å²) in [4.78, 5) is 15.1. The van der Waals surface area contributed by atoms with Crippen molar-refractivity contribution < 1.29 is 4.79 Å². The monoisotopic (exact) mass is 287 g/mol. The second kappa shape index (κ2) is 4.60. The Balaban J connectivity index is 1.59. The van der Waals surface area contributed by atoms with E-state index in [1.807, 2.05) is 0 Å². The zero-order chi connectivity index (χ0) is 14.7. The lowest BCUT2D eigenvalue weighted by atomic mass is 9.83. The molecule has 0 aromatic carbocycles. The van der Waals surface area contributed by atoms with Gasteiger partial charge in [0.2, 0.25) is 5.91 Å². The quantitative estimate of drug-likeness (QED) is 0.859. The second-order valence-electron chi connectivity index (χ2n) is 7.20. The molecule has 114 valence electrons. The predicted octanol–water partition coefficient (Wildman–Crippen LogP) is 2.07. The van der Waals surface area contributed by atoms with Gasteiger partial charge in [0.15, 0.2) is 0 Å². The van der Waals surface area contributed by atoms with E-state index < -0.39 is 0 Å². The van der Waals surface area contributed by atoms with E-state index >= 15 is 0 Å². The molecular weight excluding hydrogens is 262 g/mol. The Morgan fingerprint density at radius 2 is 2.00 bits per heavy atom. The molecule has 2 N–H and O–H groups in total. The first-order valence-electron chi connectivity index (χ1n) is 8.30. The third kappa shape index (κ3) is 1.81. The SMILES string of the molecule is Cc1ccc2n1CCN(C(=O)C1C3CCC(C3)C1N)C2C. The molecule has 4 rings (SSSR count). The van der Waals surface area contributed by atoms with Crippen LogP contribution in [0.5, 0.6) is 0 Å². The van der Waals surface area contributed by atoms with Crippen LogP contribution in [0.2, 0.25) is 0 Å². The lowest BCUT2D eigenvalue weighted by molar-refractivity contribution is -0.141. The predicted molar refractivity (Wildman–Crippen MR) is 81.6 cm³/mol. The molecule has 1 aromatic heterocycles. The van der Waals surface area contributed by atoms with Crippen molar-refractivity contribution >= 4 is 5.91 Å². The highest BCUT2D eigenvalue weighted by Gasteiger charge is 2.50. The average molecular weight is 287 g/mol. The Hall–Kier alpha value is -1.29. The van der Waals surface area contributed by atoms with Gasteiger partial charge in [-0.05, 0) is 57.1 Å². The standard InChI is InChI=1S/C17H25N3O/c1-10-3-6-14-11(2)20(8-7-19(10)14)17(21)15-12-4-5-13(9-12)16(15)18/h3,6,11-13,15-16H,4-5,7-9,18H2,1-2H3. The van der Waals surface area contributed by atoms with Crippen molar-refractivity contribution in [3.63, 3.8) is 0 Å². The van der Waals surface area contributed by atoms with E-state index in [0.717, 1.165) is 13.1 Å². The van der Waals surface area contributed by atoms with E-state index in [-0.39, 0.29) is 18.0 Å². The maximum absolute atomic E-state index is 13.1. The van der Waals surface area contributed by atoms with Gasteiger partial charge in [-0.3, -0.25) is 4.79 Å². The van der Waals surface area contributed by atoms with Crippen LogP contribution in [0, 0.1) is 24.7 Å². The molecule has 0 radical (unpaired) electrons. The maximum atomic E-state index is 13.1. The number of carbonyl (C=O) groups is 1. The molecule has 4 nitrogen and oxygen atoms in total. The highest BCUT2D eigenvalue weighted by atomic mass is 16.2. The Morgan fingerprint density at radius 3 is 2.71 bits per heavy atom. The van der Waals surface area contributed by atoms with Crippen molar-refractivity contribution in [2.75, 3.05) is 6.54 Å². The number of amides is 1. The molecule has 1 amide bonds. The third-order valence-electron chi connectivity index (χ3n) is 6.24. The number of carbonyl (C=O) groups excluding carboxylic acids is 1. The zero-order valence-corrected chi connectivity index (χ0v) is 13.0. The second-order valence-corrected chi connectivity index (χ2v) is 7.20. The largest absolute Gasteiger partial charge is 0.345 e. The zero-order valence-electron chi connectivity index (χ0n) is 13.0. The molecule has 4 heteroatoms. The number of nitrogens with two attached hydrogens (primary N) is 1. The first-order chi connectivity index (χ1) is 10.1. The lowest BCUT2D eigenvalue weighted by Gasteiger charge is -2.39. The van der Waals surface area contributed by atoms with E-state index in [4.69, 9.17) is 5.73 Å². The Kier molecular flexibility index (Phi) is 2.93. The number of hydrogen-bond donors (Lipinski definition) is 1. The van der Waals surface area contributed by atoms with Crippen LogP contribution in [-0.2, 0) is 11.3 Å². The van der Waals surface area contributed by atoms with Gasteiger partial charge in [0.1, 0.15) is 0 Å². The summed E-state index contributed by atoms with van der Waals surface area (Å²) in [5, 5.41) is 0. The Morgan fingerprint density at radius 1 is 1.24 bits per heavy atom. The normalized spacial score (nSPS) is 37.9. The van der Waals surface area contributed by atoms with Crippen molar-refractivity contribution in [2.24, 2.45) is 23.5 Å². The highest BCUT2D eigenvalue weighted by molar-refractivity contribution is 5.81. The van der Waals surface area contributed by atoms with Gasteiger partial charge < -0.3 is 15.2 Å². The van der Waals surface area contributed by atoms with Crippen LogP contribution in [0.3, 0.4) is 0 Å². The van der Waals surface area contributed by atoms with Gasteiger partial charge in [0, 0.05) is 30.5 Å². The summed E-state index contributed by atoms with van der Waals surface area (Å²) in [5.41, 5.74) is 8.92. The minimum Gasteiger partial charge on any atom is -0.345 e. The summed E-state index contributed by atoms with van der Waals surface area (Å²) < 4.78 is 2.34. The number of aryl methyl sites for hydroxylation is 1. The molecule has 1 aliphatic heterocycles. The van der Waals surface area contributed by atoms with Gasteiger partial charge in [-0.15, -0.1) is 0 Å². The van der Waals surface area contributed by atoms with Crippen molar-refractivity contribution in [3.05, 3.63) is 23.5 Å². The van der Waals surface area contributed by atoms with Crippen LogP contribution < -0.4 is 5.73 Å². The number of aromatic nitrogens is 1. The van der Waals surface area contributed by atoms with Crippen molar-refractivity contribution in [1.29, 1.82) is 0 Å². The van der Waals surface area contributed by atoms with E-state index in [9.17, 15) is 4.79 Å². The minimum atomic E-state index is 0.0776.